The first kappa shape index (κ1) is 21.3. The number of ether oxygens (including phenoxy) is 1. The second kappa shape index (κ2) is 8.96. The number of carbonyl (C=O) groups is 1. The van der Waals surface area contributed by atoms with Crippen molar-refractivity contribution in [1.29, 1.82) is 0 Å². The van der Waals surface area contributed by atoms with Gasteiger partial charge in [-0.15, -0.1) is 0 Å². The Morgan fingerprint density at radius 3 is 2.39 bits per heavy atom. The zero-order valence-corrected chi connectivity index (χ0v) is 18.2. The zero-order chi connectivity index (χ0) is 20.2. The number of benzene rings is 1. The molecule has 4 heteroatoms. The van der Waals surface area contributed by atoms with Crippen molar-refractivity contribution in [2.24, 2.45) is 5.41 Å². The van der Waals surface area contributed by atoms with E-state index in [1.165, 1.54) is 25.7 Å². The lowest BCUT2D eigenvalue weighted by Crippen LogP contribution is -2.63. The lowest BCUT2D eigenvalue weighted by atomic mass is 9.63. The van der Waals surface area contributed by atoms with Crippen LogP contribution in [-0.4, -0.2) is 55.0 Å². The van der Waals surface area contributed by atoms with E-state index in [0.717, 1.165) is 38.2 Å². The van der Waals surface area contributed by atoms with Crippen LogP contribution in [0.1, 0.15) is 64.9 Å². The maximum atomic E-state index is 12.6. The number of piperidine rings is 1. The summed E-state index contributed by atoms with van der Waals surface area (Å²) in [7, 11) is 2.21. The summed E-state index contributed by atoms with van der Waals surface area (Å²) in [6, 6.07) is 10.9. The number of hydrogen-bond acceptors (Lipinski definition) is 4. The standard InChI is InChI=1S/C24H38N2O2/c1-5-22(27)28-24(21-13-9-8-10-14-21)17-20(2)25(4)18-23(24,3)19-26-15-11-6-7-12-16-26/h8-10,13-14,20H,5-7,11-12,15-19H2,1-4H3. The fourth-order valence-corrected chi connectivity index (χ4v) is 5.28. The van der Waals surface area contributed by atoms with Gasteiger partial charge in [-0.2, -0.15) is 0 Å². The smallest absolute Gasteiger partial charge is 0.306 e. The molecule has 0 amide bonds. The third-order valence-electron chi connectivity index (χ3n) is 7.00. The maximum absolute atomic E-state index is 12.6. The molecule has 156 valence electrons. The van der Waals surface area contributed by atoms with Gasteiger partial charge in [-0.25, -0.2) is 0 Å². The van der Waals surface area contributed by atoms with Crippen LogP contribution >= 0.6 is 0 Å². The molecule has 0 N–H and O–H groups in total. The summed E-state index contributed by atoms with van der Waals surface area (Å²) >= 11 is 0. The lowest BCUT2D eigenvalue weighted by molar-refractivity contribution is -0.201. The van der Waals surface area contributed by atoms with Gasteiger partial charge in [0, 0.05) is 37.4 Å². The maximum Gasteiger partial charge on any atom is 0.306 e. The highest BCUT2D eigenvalue weighted by molar-refractivity contribution is 5.70. The lowest BCUT2D eigenvalue weighted by Gasteiger charge is -2.57. The third kappa shape index (κ3) is 4.28. The number of carbonyl (C=O) groups excluding carboxylic acids is 1. The highest BCUT2D eigenvalue weighted by Gasteiger charge is 2.57. The van der Waals surface area contributed by atoms with Gasteiger partial charge < -0.3 is 14.5 Å². The molecule has 0 aromatic heterocycles. The monoisotopic (exact) mass is 386 g/mol. The van der Waals surface area contributed by atoms with Crippen molar-refractivity contribution in [3.63, 3.8) is 0 Å². The van der Waals surface area contributed by atoms with E-state index in [2.05, 4.69) is 55.0 Å². The Hall–Kier alpha value is -1.39. The Bertz CT molecular complexity index is 641. The summed E-state index contributed by atoms with van der Waals surface area (Å²) in [5.74, 6) is -0.0947. The van der Waals surface area contributed by atoms with Gasteiger partial charge in [0.15, 0.2) is 0 Å². The largest absolute Gasteiger partial charge is 0.453 e. The first-order valence-electron chi connectivity index (χ1n) is 11.1. The highest BCUT2D eigenvalue weighted by Crippen LogP contribution is 2.51. The molecule has 3 unspecified atom stereocenters. The van der Waals surface area contributed by atoms with E-state index in [-0.39, 0.29) is 11.4 Å². The number of nitrogens with zero attached hydrogens (tertiary/aromatic N) is 2. The molecule has 2 aliphatic heterocycles. The van der Waals surface area contributed by atoms with Gasteiger partial charge in [0.2, 0.25) is 0 Å². The van der Waals surface area contributed by atoms with Gasteiger partial charge >= 0.3 is 5.97 Å². The van der Waals surface area contributed by atoms with Crippen LogP contribution in [0, 0.1) is 5.41 Å². The van der Waals surface area contributed by atoms with Crippen molar-refractivity contribution in [2.75, 3.05) is 33.2 Å². The van der Waals surface area contributed by atoms with Crippen molar-refractivity contribution < 1.29 is 9.53 Å². The topological polar surface area (TPSA) is 32.8 Å². The van der Waals surface area contributed by atoms with Crippen LogP contribution in [0.15, 0.2) is 30.3 Å². The van der Waals surface area contributed by atoms with Crippen LogP contribution in [0.5, 0.6) is 0 Å². The second-order valence-electron chi connectivity index (χ2n) is 9.24. The van der Waals surface area contributed by atoms with E-state index >= 15 is 0 Å². The molecule has 0 saturated carbocycles. The number of likely N-dealkylation sites (tertiary alicyclic amines) is 2. The summed E-state index contributed by atoms with van der Waals surface area (Å²) < 4.78 is 6.43. The molecule has 3 atom stereocenters. The first-order valence-corrected chi connectivity index (χ1v) is 11.1. The fourth-order valence-electron chi connectivity index (χ4n) is 5.28. The highest BCUT2D eigenvalue weighted by atomic mass is 16.6. The van der Waals surface area contributed by atoms with Crippen LogP contribution in [-0.2, 0) is 15.1 Å². The molecular weight excluding hydrogens is 348 g/mol. The summed E-state index contributed by atoms with van der Waals surface area (Å²) in [4.78, 5) is 17.7. The van der Waals surface area contributed by atoms with Gasteiger partial charge in [0.25, 0.3) is 0 Å². The predicted molar refractivity (Wildman–Crippen MR) is 114 cm³/mol. The van der Waals surface area contributed by atoms with Gasteiger partial charge in [0.05, 0.1) is 0 Å². The molecule has 0 aliphatic carbocycles. The quantitative estimate of drug-likeness (QED) is 0.701. The molecule has 0 spiro atoms. The minimum absolute atomic E-state index is 0.0947. The molecule has 1 aromatic carbocycles. The summed E-state index contributed by atoms with van der Waals surface area (Å²) in [6.07, 6.45) is 6.46. The van der Waals surface area contributed by atoms with Crippen molar-refractivity contribution in [3.8, 4) is 0 Å². The minimum atomic E-state index is -0.584. The fraction of sp³-hybridized carbons (Fsp3) is 0.708. The molecule has 2 fully saturated rings. The number of esters is 1. The van der Waals surface area contributed by atoms with E-state index in [9.17, 15) is 4.79 Å². The Balaban J connectivity index is 2.03. The Labute approximate surface area is 171 Å². The zero-order valence-electron chi connectivity index (χ0n) is 18.2. The van der Waals surface area contributed by atoms with Crippen LogP contribution in [0.2, 0.25) is 0 Å². The third-order valence-corrected chi connectivity index (χ3v) is 7.00. The molecule has 28 heavy (non-hydrogen) atoms. The van der Waals surface area contributed by atoms with E-state index in [0.29, 0.717) is 12.5 Å². The van der Waals surface area contributed by atoms with Gasteiger partial charge in [-0.1, -0.05) is 57.0 Å². The molecule has 1 aromatic rings. The predicted octanol–water partition coefficient (Wildman–Crippen LogP) is 4.44. The second-order valence-corrected chi connectivity index (χ2v) is 9.24. The molecule has 2 heterocycles. The number of hydrogen-bond donors (Lipinski definition) is 0. The first-order chi connectivity index (χ1) is 13.4. The van der Waals surface area contributed by atoms with E-state index in [1.807, 2.05) is 13.0 Å². The minimum Gasteiger partial charge on any atom is -0.453 e. The molecule has 0 radical (unpaired) electrons. The van der Waals surface area contributed by atoms with Crippen molar-refractivity contribution in [2.45, 2.75) is 70.9 Å². The van der Waals surface area contributed by atoms with Crippen LogP contribution < -0.4 is 0 Å². The van der Waals surface area contributed by atoms with Crippen molar-refractivity contribution in [1.82, 2.24) is 9.80 Å². The van der Waals surface area contributed by atoms with Crippen molar-refractivity contribution >= 4 is 5.97 Å². The summed E-state index contributed by atoms with van der Waals surface area (Å²) in [5, 5.41) is 0. The van der Waals surface area contributed by atoms with Crippen molar-refractivity contribution in [3.05, 3.63) is 35.9 Å². The van der Waals surface area contributed by atoms with Gasteiger partial charge in [0.1, 0.15) is 5.60 Å². The van der Waals surface area contributed by atoms with Crippen LogP contribution in [0.25, 0.3) is 0 Å². The molecule has 2 aliphatic rings. The molecule has 2 saturated heterocycles. The van der Waals surface area contributed by atoms with Crippen LogP contribution in [0.4, 0.5) is 0 Å². The normalized spacial score (nSPS) is 32.6. The van der Waals surface area contributed by atoms with E-state index in [4.69, 9.17) is 4.74 Å². The van der Waals surface area contributed by atoms with E-state index in [1.54, 1.807) is 0 Å². The Morgan fingerprint density at radius 1 is 1.14 bits per heavy atom. The van der Waals surface area contributed by atoms with Gasteiger partial charge in [-0.3, -0.25) is 4.79 Å². The Kier molecular flexibility index (Phi) is 6.82. The van der Waals surface area contributed by atoms with Crippen LogP contribution in [0.3, 0.4) is 0 Å². The molecule has 3 rings (SSSR count). The Morgan fingerprint density at radius 2 is 1.79 bits per heavy atom. The van der Waals surface area contributed by atoms with Gasteiger partial charge in [-0.05, 0) is 45.5 Å². The summed E-state index contributed by atoms with van der Waals surface area (Å²) in [5.41, 5.74) is 0.402. The average Bonchev–Trinajstić information content (AvgIpc) is 2.95. The number of rotatable bonds is 5. The SMILES string of the molecule is CCC(=O)OC1(c2ccccc2)CC(C)N(C)CC1(C)CN1CCCCCC1. The van der Waals surface area contributed by atoms with E-state index < -0.39 is 5.60 Å². The summed E-state index contributed by atoms with van der Waals surface area (Å²) in [6.45, 7) is 10.7. The average molecular weight is 387 g/mol. The molecular formula is C24H38N2O2. The molecule has 0 bridgehead atoms. The molecule has 4 nitrogen and oxygen atoms in total.